The molecule has 0 atom stereocenters. The minimum atomic E-state index is 0.731. The van der Waals surface area contributed by atoms with Gasteiger partial charge in [0.05, 0.1) is 22.6 Å². The van der Waals surface area contributed by atoms with Gasteiger partial charge in [-0.2, -0.15) is 5.10 Å². The number of imidazole rings is 1. The molecule has 1 aromatic carbocycles. The molecule has 0 aliphatic rings. The van der Waals surface area contributed by atoms with Gasteiger partial charge in [0.2, 0.25) is 0 Å². The molecule has 0 saturated carbocycles. The molecule has 21 heavy (non-hydrogen) atoms. The lowest BCUT2D eigenvalue weighted by atomic mass is 10.2. The first-order valence-electron chi connectivity index (χ1n) is 6.78. The standard InChI is InChI=1S/C16H14N4S/c1-19-14-6-3-2-5-12(14)13(18-19)11-20-9-8-17-16(20)15-7-4-10-21-15/h2-10H,11H2,1H3. The molecule has 0 amide bonds. The molecule has 4 nitrogen and oxygen atoms in total. The normalized spacial score (nSPS) is 11.3. The van der Waals surface area contributed by atoms with Crippen LogP contribution < -0.4 is 0 Å². The molecular formula is C16H14N4S. The molecule has 104 valence electrons. The van der Waals surface area contributed by atoms with Crippen molar-refractivity contribution in [1.82, 2.24) is 19.3 Å². The van der Waals surface area contributed by atoms with Crippen molar-refractivity contribution >= 4 is 22.2 Å². The van der Waals surface area contributed by atoms with Crippen LogP contribution in [0.25, 0.3) is 21.6 Å². The van der Waals surface area contributed by atoms with Crippen molar-refractivity contribution in [2.75, 3.05) is 0 Å². The third kappa shape index (κ3) is 2.06. The van der Waals surface area contributed by atoms with Crippen molar-refractivity contribution < 1.29 is 0 Å². The van der Waals surface area contributed by atoms with E-state index >= 15 is 0 Å². The Morgan fingerprint density at radius 1 is 1.14 bits per heavy atom. The molecule has 3 heterocycles. The van der Waals surface area contributed by atoms with Crippen molar-refractivity contribution in [1.29, 1.82) is 0 Å². The number of para-hydroxylation sites is 1. The van der Waals surface area contributed by atoms with E-state index < -0.39 is 0 Å². The van der Waals surface area contributed by atoms with Gasteiger partial charge in [-0.15, -0.1) is 11.3 Å². The highest BCUT2D eigenvalue weighted by atomic mass is 32.1. The number of hydrogen-bond donors (Lipinski definition) is 0. The second kappa shape index (κ2) is 4.86. The predicted molar refractivity (Wildman–Crippen MR) is 85.4 cm³/mol. The van der Waals surface area contributed by atoms with Gasteiger partial charge in [-0.1, -0.05) is 24.3 Å². The zero-order chi connectivity index (χ0) is 14.2. The number of aromatic nitrogens is 4. The van der Waals surface area contributed by atoms with Gasteiger partial charge in [-0.3, -0.25) is 4.68 Å². The number of thiophene rings is 1. The van der Waals surface area contributed by atoms with Gasteiger partial charge in [0.1, 0.15) is 5.82 Å². The van der Waals surface area contributed by atoms with Crippen LogP contribution in [-0.4, -0.2) is 19.3 Å². The highest BCUT2D eigenvalue weighted by Gasteiger charge is 2.12. The largest absolute Gasteiger partial charge is 0.324 e. The molecule has 0 aliphatic heterocycles. The highest BCUT2D eigenvalue weighted by molar-refractivity contribution is 7.13. The number of rotatable bonds is 3. The van der Waals surface area contributed by atoms with Gasteiger partial charge < -0.3 is 4.57 Å². The first-order chi connectivity index (χ1) is 10.3. The first-order valence-corrected chi connectivity index (χ1v) is 7.66. The van der Waals surface area contributed by atoms with Crippen LogP contribution in [0.3, 0.4) is 0 Å². The molecule has 4 aromatic rings. The molecule has 0 spiro atoms. The molecule has 0 N–H and O–H groups in total. The Bertz CT molecular complexity index is 886. The Kier molecular flexibility index (Phi) is 2.86. The Morgan fingerprint density at radius 2 is 2.05 bits per heavy atom. The van der Waals surface area contributed by atoms with Gasteiger partial charge in [0.15, 0.2) is 0 Å². The van der Waals surface area contributed by atoms with Crippen LogP contribution in [0.15, 0.2) is 54.2 Å². The topological polar surface area (TPSA) is 35.6 Å². The third-order valence-corrected chi connectivity index (χ3v) is 4.48. The van der Waals surface area contributed by atoms with E-state index in [1.54, 1.807) is 11.3 Å². The summed E-state index contributed by atoms with van der Waals surface area (Å²) in [6.07, 6.45) is 3.86. The zero-order valence-corrected chi connectivity index (χ0v) is 12.4. The van der Waals surface area contributed by atoms with Crippen LogP contribution in [0.4, 0.5) is 0 Å². The summed E-state index contributed by atoms with van der Waals surface area (Å²) in [7, 11) is 1.99. The number of nitrogens with zero attached hydrogens (tertiary/aromatic N) is 4. The van der Waals surface area contributed by atoms with Gasteiger partial charge in [-0.25, -0.2) is 4.98 Å². The van der Waals surface area contributed by atoms with Crippen LogP contribution in [0.2, 0.25) is 0 Å². The van der Waals surface area contributed by atoms with E-state index in [4.69, 9.17) is 0 Å². The van der Waals surface area contributed by atoms with E-state index in [2.05, 4.69) is 50.4 Å². The lowest BCUT2D eigenvalue weighted by Crippen LogP contribution is -2.02. The van der Waals surface area contributed by atoms with Crippen LogP contribution in [0, 0.1) is 0 Å². The van der Waals surface area contributed by atoms with E-state index in [1.165, 1.54) is 10.3 Å². The summed E-state index contributed by atoms with van der Waals surface area (Å²) in [6.45, 7) is 0.731. The van der Waals surface area contributed by atoms with E-state index in [-0.39, 0.29) is 0 Å². The summed E-state index contributed by atoms with van der Waals surface area (Å²) in [4.78, 5) is 5.66. The smallest absolute Gasteiger partial charge is 0.150 e. The van der Waals surface area contributed by atoms with Crippen molar-refractivity contribution in [2.24, 2.45) is 7.05 Å². The number of fused-ring (bicyclic) bond motifs is 1. The van der Waals surface area contributed by atoms with Crippen LogP contribution in [0.1, 0.15) is 5.69 Å². The minimum Gasteiger partial charge on any atom is -0.324 e. The summed E-state index contributed by atoms with van der Waals surface area (Å²) < 4.78 is 4.09. The van der Waals surface area contributed by atoms with Gasteiger partial charge in [-0.05, 0) is 17.5 Å². The highest BCUT2D eigenvalue weighted by Crippen LogP contribution is 2.25. The van der Waals surface area contributed by atoms with Crippen molar-refractivity contribution in [2.45, 2.75) is 6.54 Å². The molecule has 0 aliphatic carbocycles. The van der Waals surface area contributed by atoms with E-state index in [0.717, 1.165) is 23.6 Å². The van der Waals surface area contributed by atoms with Crippen molar-refractivity contribution in [3.63, 3.8) is 0 Å². The van der Waals surface area contributed by atoms with Crippen molar-refractivity contribution in [3.05, 3.63) is 59.9 Å². The zero-order valence-electron chi connectivity index (χ0n) is 11.6. The average Bonchev–Trinajstić information content (AvgIpc) is 3.21. The van der Waals surface area contributed by atoms with Gasteiger partial charge in [0, 0.05) is 24.8 Å². The fraction of sp³-hybridized carbons (Fsp3) is 0.125. The third-order valence-electron chi connectivity index (χ3n) is 3.61. The molecule has 3 aromatic heterocycles. The van der Waals surface area contributed by atoms with Crippen LogP contribution in [-0.2, 0) is 13.6 Å². The molecule has 0 unspecified atom stereocenters. The Morgan fingerprint density at radius 3 is 2.90 bits per heavy atom. The number of aryl methyl sites for hydroxylation is 1. The fourth-order valence-corrected chi connectivity index (χ4v) is 3.37. The summed E-state index contributed by atoms with van der Waals surface area (Å²) in [5.41, 5.74) is 2.23. The number of hydrogen-bond acceptors (Lipinski definition) is 3. The summed E-state index contributed by atoms with van der Waals surface area (Å²) in [5.74, 6) is 1.000. The SMILES string of the molecule is Cn1nc(Cn2ccnc2-c2cccs2)c2ccccc21. The second-order valence-electron chi connectivity index (χ2n) is 4.94. The summed E-state index contributed by atoms with van der Waals surface area (Å²) in [5, 5.41) is 7.93. The molecule has 0 fully saturated rings. The Balaban J connectivity index is 1.78. The van der Waals surface area contributed by atoms with E-state index in [1.807, 2.05) is 30.2 Å². The molecule has 0 saturated heterocycles. The molecular weight excluding hydrogens is 280 g/mol. The van der Waals surface area contributed by atoms with Gasteiger partial charge >= 0.3 is 0 Å². The Hall–Kier alpha value is -2.40. The minimum absolute atomic E-state index is 0.731. The predicted octanol–water partition coefficient (Wildman–Crippen LogP) is 3.55. The van der Waals surface area contributed by atoms with Crippen LogP contribution >= 0.6 is 11.3 Å². The average molecular weight is 294 g/mol. The monoisotopic (exact) mass is 294 g/mol. The quantitative estimate of drug-likeness (QED) is 0.579. The van der Waals surface area contributed by atoms with Gasteiger partial charge in [0.25, 0.3) is 0 Å². The summed E-state index contributed by atoms with van der Waals surface area (Å²) >= 11 is 1.71. The Labute approximate surface area is 126 Å². The molecule has 0 radical (unpaired) electrons. The van der Waals surface area contributed by atoms with Crippen molar-refractivity contribution in [3.8, 4) is 10.7 Å². The maximum absolute atomic E-state index is 4.66. The van der Waals surface area contributed by atoms with Crippen LogP contribution in [0.5, 0.6) is 0 Å². The molecule has 5 heteroatoms. The lowest BCUT2D eigenvalue weighted by Gasteiger charge is -2.04. The van der Waals surface area contributed by atoms with E-state index in [9.17, 15) is 0 Å². The lowest BCUT2D eigenvalue weighted by molar-refractivity contribution is 0.723. The summed E-state index contributed by atoms with van der Waals surface area (Å²) in [6, 6.07) is 12.5. The molecule has 0 bridgehead atoms. The maximum Gasteiger partial charge on any atom is 0.150 e. The van der Waals surface area contributed by atoms with E-state index in [0.29, 0.717) is 0 Å². The second-order valence-corrected chi connectivity index (χ2v) is 5.89. The molecule has 4 rings (SSSR count). The first kappa shape index (κ1) is 12.3. The maximum atomic E-state index is 4.66. The fourth-order valence-electron chi connectivity index (χ4n) is 2.63. The number of benzene rings is 1.